The lowest BCUT2D eigenvalue weighted by atomic mass is 10.1. The second-order valence-electron chi connectivity index (χ2n) is 6.67. The Labute approximate surface area is 169 Å². The molecule has 0 saturated carbocycles. The molecule has 0 aliphatic carbocycles. The van der Waals surface area contributed by atoms with E-state index >= 15 is 0 Å². The molecule has 5 nitrogen and oxygen atoms in total. The largest absolute Gasteiger partial charge is 0.352 e. The Bertz CT molecular complexity index is 1120. The molecule has 0 aliphatic heterocycles. The predicted molar refractivity (Wildman–Crippen MR) is 113 cm³/mol. The smallest absolute Gasteiger partial charge is 0.239 e. The molecule has 0 unspecified atom stereocenters. The molecule has 28 heavy (non-hydrogen) atoms. The lowest BCUT2D eigenvalue weighted by Crippen LogP contribution is -2.16. The van der Waals surface area contributed by atoms with Gasteiger partial charge in [-0.3, -0.25) is 0 Å². The zero-order valence-electron chi connectivity index (χ0n) is 16.2. The van der Waals surface area contributed by atoms with Crippen LogP contribution in [0.4, 0.5) is 4.39 Å². The lowest BCUT2D eigenvalue weighted by Gasteiger charge is -2.09. The third kappa shape index (κ3) is 3.94. The third-order valence-corrected chi connectivity index (χ3v) is 6.58. The zero-order valence-corrected chi connectivity index (χ0v) is 17.8. The highest BCUT2D eigenvalue weighted by atomic mass is 32.2. The molecule has 0 bridgehead atoms. The van der Waals surface area contributed by atoms with Crippen molar-refractivity contribution in [3.63, 3.8) is 0 Å². The van der Waals surface area contributed by atoms with Crippen molar-refractivity contribution in [2.24, 2.45) is 5.14 Å². The minimum atomic E-state index is -3.85. The molecular formula is C20H24FN3O2S2. The van der Waals surface area contributed by atoms with Gasteiger partial charge in [-0.25, -0.2) is 22.9 Å². The number of fused-ring (bicyclic) bond motifs is 1. The molecule has 3 N–H and O–H groups in total. The van der Waals surface area contributed by atoms with Gasteiger partial charge in [-0.2, -0.15) is 0 Å². The third-order valence-electron chi connectivity index (χ3n) is 4.77. The quantitative estimate of drug-likeness (QED) is 0.544. The minimum absolute atomic E-state index is 0.0610. The summed E-state index contributed by atoms with van der Waals surface area (Å²) in [4.78, 5) is 8.91. The fourth-order valence-corrected chi connectivity index (χ4v) is 4.79. The molecule has 2 aromatic heterocycles. The summed E-state index contributed by atoms with van der Waals surface area (Å²) in [5.41, 5.74) is 3.33. The number of hydrogen-bond acceptors (Lipinski definition) is 4. The van der Waals surface area contributed by atoms with Crippen molar-refractivity contribution < 1.29 is 12.8 Å². The van der Waals surface area contributed by atoms with Gasteiger partial charge in [0.1, 0.15) is 10.7 Å². The predicted octanol–water partition coefficient (Wildman–Crippen LogP) is 4.64. The Morgan fingerprint density at radius 2 is 2.00 bits per heavy atom. The summed E-state index contributed by atoms with van der Waals surface area (Å²) in [6.45, 7) is 3.95. The highest BCUT2D eigenvalue weighted by Crippen LogP contribution is 2.37. The van der Waals surface area contributed by atoms with E-state index in [2.05, 4.69) is 9.97 Å². The number of sulfonamides is 1. The van der Waals surface area contributed by atoms with E-state index in [1.54, 1.807) is 12.1 Å². The minimum Gasteiger partial charge on any atom is -0.352 e. The molecule has 3 rings (SSSR count). The SMILES string of the molecule is CCCCc1nc(-c2[nH]c3cc(CC)c(F)cc3c2SC)ccc1S(N)(=O)=O. The van der Waals surface area contributed by atoms with Gasteiger partial charge >= 0.3 is 0 Å². The summed E-state index contributed by atoms with van der Waals surface area (Å²) in [7, 11) is -3.85. The number of rotatable bonds is 7. The average Bonchev–Trinajstić information content (AvgIpc) is 3.01. The lowest BCUT2D eigenvalue weighted by molar-refractivity contribution is 0.595. The summed E-state index contributed by atoms with van der Waals surface area (Å²) >= 11 is 1.50. The molecule has 2 heterocycles. The van der Waals surface area contributed by atoms with E-state index in [-0.39, 0.29) is 10.7 Å². The number of aryl methyl sites for hydroxylation is 2. The average molecular weight is 422 g/mol. The number of primary sulfonamides is 1. The maximum absolute atomic E-state index is 14.3. The van der Waals surface area contributed by atoms with Crippen molar-refractivity contribution in [2.75, 3.05) is 6.26 Å². The first-order chi connectivity index (χ1) is 13.3. The van der Waals surface area contributed by atoms with Crippen LogP contribution in [0.1, 0.15) is 37.9 Å². The Hall–Kier alpha value is -1.90. The van der Waals surface area contributed by atoms with Gasteiger partial charge in [-0.05, 0) is 55.3 Å². The van der Waals surface area contributed by atoms with E-state index in [0.717, 1.165) is 34.3 Å². The molecule has 150 valence electrons. The standard InChI is InChI=1S/C20H24FN3O2S2/c1-4-6-7-15-18(28(22,25)26)9-8-16(23-15)19-20(27-3)13-11-14(21)12(5-2)10-17(13)24-19/h8-11,24H,4-7H2,1-3H3,(H2,22,25,26). The molecule has 0 atom stereocenters. The van der Waals surface area contributed by atoms with Crippen LogP contribution in [0.2, 0.25) is 0 Å². The number of H-pyrrole nitrogens is 1. The van der Waals surface area contributed by atoms with Crippen molar-refractivity contribution in [1.29, 1.82) is 0 Å². The van der Waals surface area contributed by atoms with E-state index in [1.165, 1.54) is 17.8 Å². The van der Waals surface area contributed by atoms with Gasteiger partial charge in [0.15, 0.2) is 0 Å². The number of nitrogens with one attached hydrogen (secondary N) is 1. The summed E-state index contributed by atoms with van der Waals surface area (Å²) < 4.78 is 38.2. The Morgan fingerprint density at radius 3 is 2.61 bits per heavy atom. The molecule has 0 spiro atoms. The van der Waals surface area contributed by atoms with Crippen molar-refractivity contribution in [3.8, 4) is 11.4 Å². The Morgan fingerprint density at radius 1 is 1.25 bits per heavy atom. The fourth-order valence-electron chi connectivity index (χ4n) is 3.31. The van der Waals surface area contributed by atoms with Gasteiger partial charge in [-0.1, -0.05) is 20.3 Å². The second kappa shape index (κ2) is 8.23. The maximum Gasteiger partial charge on any atom is 0.239 e. The first-order valence-corrected chi connectivity index (χ1v) is 12.0. The molecular weight excluding hydrogens is 397 g/mol. The van der Waals surface area contributed by atoms with Crippen molar-refractivity contribution in [3.05, 3.63) is 41.3 Å². The second-order valence-corrected chi connectivity index (χ2v) is 9.01. The van der Waals surface area contributed by atoms with Crippen LogP contribution in [-0.2, 0) is 22.9 Å². The summed E-state index contributed by atoms with van der Waals surface area (Å²) in [5, 5.41) is 6.16. The van der Waals surface area contributed by atoms with E-state index < -0.39 is 10.0 Å². The Balaban J connectivity index is 2.21. The van der Waals surface area contributed by atoms with Crippen LogP contribution < -0.4 is 5.14 Å². The summed E-state index contributed by atoms with van der Waals surface area (Å²) in [5.74, 6) is -0.225. The van der Waals surface area contributed by atoms with Crippen LogP contribution in [-0.4, -0.2) is 24.6 Å². The number of halogens is 1. The summed E-state index contributed by atoms with van der Waals surface area (Å²) in [6, 6.07) is 6.54. The number of pyridine rings is 1. The van der Waals surface area contributed by atoms with Crippen LogP contribution in [0.25, 0.3) is 22.3 Å². The van der Waals surface area contributed by atoms with Gasteiger partial charge in [0.05, 0.1) is 17.1 Å². The molecule has 0 amide bonds. The summed E-state index contributed by atoms with van der Waals surface area (Å²) in [6.07, 6.45) is 4.78. The van der Waals surface area contributed by atoms with Gasteiger partial charge in [-0.15, -0.1) is 11.8 Å². The van der Waals surface area contributed by atoms with E-state index in [0.29, 0.717) is 29.8 Å². The van der Waals surface area contributed by atoms with E-state index in [9.17, 15) is 12.8 Å². The highest BCUT2D eigenvalue weighted by molar-refractivity contribution is 7.99. The van der Waals surface area contributed by atoms with E-state index in [1.807, 2.05) is 26.2 Å². The normalized spacial score (nSPS) is 12.0. The van der Waals surface area contributed by atoms with E-state index in [4.69, 9.17) is 5.14 Å². The molecule has 0 aliphatic rings. The number of nitrogens with zero attached hydrogens (tertiary/aromatic N) is 1. The maximum atomic E-state index is 14.3. The van der Waals surface area contributed by atoms with Crippen molar-refractivity contribution >= 4 is 32.7 Å². The van der Waals surface area contributed by atoms with Gasteiger partial charge in [0.25, 0.3) is 0 Å². The number of unbranched alkanes of at least 4 members (excludes halogenated alkanes) is 1. The fraction of sp³-hybridized carbons (Fsp3) is 0.350. The molecule has 0 saturated heterocycles. The molecule has 3 aromatic rings. The number of nitrogens with two attached hydrogens (primary N) is 1. The van der Waals surface area contributed by atoms with Crippen molar-refractivity contribution in [2.45, 2.75) is 49.3 Å². The Kier molecular flexibility index (Phi) is 6.12. The molecule has 8 heteroatoms. The first-order valence-electron chi connectivity index (χ1n) is 9.21. The number of aromatic amines is 1. The first kappa shape index (κ1) is 20.8. The number of hydrogen-bond donors (Lipinski definition) is 2. The zero-order chi connectivity index (χ0) is 20.5. The highest BCUT2D eigenvalue weighted by Gasteiger charge is 2.20. The van der Waals surface area contributed by atoms with Gasteiger partial charge in [0, 0.05) is 15.8 Å². The monoisotopic (exact) mass is 421 g/mol. The van der Waals surface area contributed by atoms with Crippen LogP contribution in [0.5, 0.6) is 0 Å². The van der Waals surface area contributed by atoms with Crippen LogP contribution in [0.15, 0.2) is 34.1 Å². The van der Waals surface area contributed by atoms with Crippen molar-refractivity contribution in [1.82, 2.24) is 9.97 Å². The van der Waals surface area contributed by atoms with Gasteiger partial charge in [0.2, 0.25) is 10.0 Å². The molecule has 0 fully saturated rings. The number of thioether (sulfide) groups is 1. The number of aromatic nitrogens is 2. The van der Waals surface area contributed by atoms with Gasteiger partial charge < -0.3 is 4.98 Å². The molecule has 0 radical (unpaired) electrons. The topological polar surface area (TPSA) is 88.8 Å². The van der Waals surface area contributed by atoms with Crippen LogP contribution in [0.3, 0.4) is 0 Å². The van der Waals surface area contributed by atoms with Crippen LogP contribution >= 0.6 is 11.8 Å². The molecule has 1 aromatic carbocycles. The number of benzene rings is 1. The van der Waals surface area contributed by atoms with Crippen LogP contribution in [0, 0.1) is 5.82 Å².